The van der Waals surface area contributed by atoms with Crippen LogP contribution >= 0.6 is 0 Å². The number of phenols is 1. The van der Waals surface area contributed by atoms with Crippen molar-refractivity contribution >= 4 is 11.8 Å². The molecular formula is C22H26N2O7. The molecule has 0 saturated carbocycles. The summed E-state index contributed by atoms with van der Waals surface area (Å²) in [5, 5.41) is 23.0. The van der Waals surface area contributed by atoms with E-state index in [1.54, 1.807) is 17.9 Å². The molecule has 1 aliphatic rings. The monoisotopic (exact) mass is 430 g/mol. The van der Waals surface area contributed by atoms with E-state index in [1.165, 1.54) is 25.3 Å². The Morgan fingerprint density at radius 3 is 2.74 bits per heavy atom. The van der Waals surface area contributed by atoms with Gasteiger partial charge in [0, 0.05) is 38.5 Å². The Kier molecular flexibility index (Phi) is 6.84. The van der Waals surface area contributed by atoms with Crippen LogP contribution < -0.4 is 15.5 Å². The number of ether oxygens (including phenoxy) is 1. The Bertz CT molecular complexity index is 1030. The Balaban J connectivity index is 1.83. The number of nitrogens with zero attached hydrogens (tertiary/aromatic N) is 1. The summed E-state index contributed by atoms with van der Waals surface area (Å²) < 4.78 is 10.8. The van der Waals surface area contributed by atoms with Gasteiger partial charge in [0.1, 0.15) is 5.76 Å². The minimum atomic E-state index is -0.796. The zero-order valence-electron chi connectivity index (χ0n) is 17.5. The number of likely N-dealkylation sites (tertiary alicyclic amines) is 1. The van der Waals surface area contributed by atoms with Gasteiger partial charge in [0.05, 0.1) is 13.0 Å². The second-order valence-corrected chi connectivity index (χ2v) is 7.46. The van der Waals surface area contributed by atoms with Gasteiger partial charge in [-0.15, -0.1) is 0 Å². The van der Waals surface area contributed by atoms with Crippen molar-refractivity contribution in [2.45, 2.75) is 32.1 Å². The molecule has 1 aromatic carbocycles. The average Bonchev–Trinajstić information content (AvgIpc) is 3.14. The first-order chi connectivity index (χ1) is 14.8. The number of rotatable bonds is 8. The third-order valence-corrected chi connectivity index (χ3v) is 5.26. The van der Waals surface area contributed by atoms with Crippen LogP contribution in [0.4, 0.5) is 0 Å². The largest absolute Gasteiger partial charge is 0.504 e. The molecule has 0 radical (unpaired) electrons. The highest BCUT2D eigenvalue weighted by Crippen LogP contribution is 2.37. The number of nitrogens with one attached hydrogen (secondary N) is 1. The predicted octanol–water partition coefficient (Wildman–Crippen LogP) is 1.63. The zero-order chi connectivity index (χ0) is 22.5. The lowest BCUT2D eigenvalue weighted by molar-refractivity contribution is -0.128. The zero-order valence-corrected chi connectivity index (χ0v) is 17.5. The number of aromatic hydroxyl groups is 2. The van der Waals surface area contributed by atoms with Crippen LogP contribution in [0.5, 0.6) is 17.2 Å². The quantitative estimate of drug-likeness (QED) is 0.580. The van der Waals surface area contributed by atoms with Crippen LogP contribution in [0, 0.1) is 6.92 Å². The fraction of sp³-hybridized carbons (Fsp3) is 0.409. The van der Waals surface area contributed by atoms with Gasteiger partial charge in [-0.05, 0) is 31.0 Å². The van der Waals surface area contributed by atoms with E-state index < -0.39 is 17.1 Å². The number of hydrogen-bond donors (Lipinski definition) is 3. The molecule has 0 aliphatic carbocycles. The van der Waals surface area contributed by atoms with Crippen molar-refractivity contribution < 1.29 is 29.0 Å². The fourth-order valence-corrected chi connectivity index (χ4v) is 3.66. The van der Waals surface area contributed by atoms with Crippen LogP contribution in [-0.2, 0) is 9.59 Å². The van der Waals surface area contributed by atoms with E-state index >= 15 is 0 Å². The number of carbonyl (C=O) groups is 2. The van der Waals surface area contributed by atoms with Gasteiger partial charge < -0.3 is 29.6 Å². The molecule has 166 valence electrons. The van der Waals surface area contributed by atoms with E-state index in [-0.39, 0.29) is 35.5 Å². The van der Waals surface area contributed by atoms with Gasteiger partial charge in [-0.3, -0.25) is 14.4 Å². The minimum Gasteiger partial charge on any atom is -0.504 e. The van der Waals surface area contributed by atoms with Gasteiger partial charge in [-0.1, -0.05) is 6.07 Å². The van der Waals surface area contributed by atoms with Crippen LogP contribution in [0.1, 0.15) is 42.3 Å². The minimum absolute atomic E-state index is 0.0392. The maximum Gasteiger partial charge on any atom is 0.227 e. The van der Waals surface area contributed by atoms with Gasteiger partial charge in [-0.2, -0.15) is 0 Å². The summed E-state index contributed by atoms with van der Waals surface area (Å²) in [6.07, 6.45) is 1.23. The van der Waals surface area contributed by atoms with Crippen LogP contribution in [-0.4, -0.2) is 53.7 Å². The summed E-state index contributed by atoms with van der Waals surface area (Å²) in [5.74, 6) is -1.27. The summed E-state index contributed by atoms with van der Waals surface area (Å²) in [4.78, 5) is 38.2. The van der Waals surface area contributed by atoms with Crippen LogP contribution in [0.2, 0.25) is 0 Å². The number of carbonyl (C=O) groups excluding carboxylic acids is 2. The molecular weight excluding hydrogens is 404 g/mol. The molecule has 3 rings (SSSR count). The molecule has 3 N–H and O–H groups in total. The van der Waals surface area contributed by atoms with Gasteiger partial charge >= 0.3 is 0 Å². The van der Waals surface area contributed by atoms with Gasteiger partial charge in [-0.25, -0.2) is 0 Å². The van der Waals surface area contributed by atoms with E-state index in [1.807, 2.05) is 0 Å². The number of methoxy groups -OCH3 is 1. The summed E-state index contributed by atoms with van der Waals surface area (Å²) >= 11 is 0. The lowest BCUT2D eigenvalue weighted by Crippen LogP contribution is -2.36. The van der Waals surface area contributed by atoms with E-state index in [2.05, 4.69) is 5.32 Å². The molecule has 0 spiro atoms. The van der Waals surface area contributed by atoms with E-state index in [4.69, 9.17) is 9.15 Å². The van der Waals surface area contributed by atoms with E-state index in [0.29, 0.717) is 37.4 Å². The number of amides is 2. The number of hydrogen-bond acceptors (Lipinski definition) is 7. The lowest BCUT2D eigenvalue weighted by Gasteiger charge is -2.20. The van der Waals surface area contributed by atoms with Crippen molar-refractivity contribution in [3.63, 3.8) is 0 Å². The van der Waals surface area contributed by atoms with Crippen molar-refractivity contribution in [2.75, 3.05) is 26.7 Å². The summed E-state index contributed by atoms with van der Waals surface area (Å²) in [6.45, 7) is 2.98. The van der Waals surface area contributed by atoms with Crippen molar-refractivity contribution in [3.8, 4) is 17.2 Å². The molecule has 2 amide bonds. The Hall–Kier alpha value is -3.49. The molecule has 2 heterocycles. The van der Waals surface area contributed by atoms with E-state index in [9.17, 15) is 24.6 Å². The maximum absolute atomic E-state index is 12.7. The Labute approximate surface area is 179 Å². The highest BCUT2D eigenvalue weighted by Gasteiger charge is 2.27. The first kappa shape index (κ1) is 22.2. The smallest absolute Gasteiger partial charge is 0.227 e. The third kappa shape index (κ3) is 5.17. The van der Waals surface area contributed by atoms with Gasteiger partial charge in [0.25, 0.3) is 0 Å². The molecule has 9 nitrogen and oxygen atoms in total. The molecule has 1 aliphatic heterocycles. The van der Waals surface area contributed by atoms with E-state index in [0.717, 1.165) is 6.42 Å². The second kappa shape index (κ2) is 9.55. The average molecular weight is 430 g/mol. The molecule has 0 unspecified atom stereocenters. The van der Waals surface area contributed by atoms with Crippen molar-refractivity contribution in [2.24, 2.45) is 0 Å². The third-order valence-electron chi connectivity index (χ3n) is 5.26. The summed E-state index contributed by atoms with van der Waals surface area (Å²) in [7, 11) is 1.39. The van der Waals surface area contributed by atoms with Gasteiger partial charge in [0.2, 0.25) is 23.0 Å². The SMILES string of the molecule is COc1cc([C@@H](CC(=O)NCCN2CCCC2=O)c2oc(C)cc(=O)c2O)ccc1O. The Morgan fingerprint density at radius 1 is 1.29 bits per heavy atom. The second-order valence-electron chi connectivity index (χ2n) is 7.46. The molecule has 9 heteroatoms. The summed E-state index contributed by atoms with van der Waals surface area (Å²) in [5.41, 5.74) is -0.0917. The standard InChI is InChI=1S/C22H26N2O7/c1-13-10-17(26)21(29)22(31-13)15(14-5-6-16(25)18(11-14)30-2)12-19(27)23-7-9-24-8-3-4-20(24)28/h5-6,10-11,15,25,29H,3-4,7-9,12H2,1-2H3,(H,23,27)/t15-/m1/s1. The van der Waals surface area contributed by atoms with Crippen molar-refractivity contribution in [1.29, 1.82) is 0 Å². The van der Waals surface area contributed by atoms with Crippen molar-refractivity contribution in [1.82, 2.24) is 10.2 Å². The number of aryl methyl sites for hydroxylation is 1. The molecule has 1 atom stereocenters. The molecule has 31 heavy (non-hydrogen) atoms. The first-order valence-corrected chi connectivity index (χ1v) is 10.0. The number of phenolic OH excluding ortho intramolecular Hbond substituents is 1. The predicted molar refractivity (Wildman–Crippen MR) is 111 cm³/mol. The number of benzene rings is 1. The van der Waals surface area contributed by atoms with Crippen LogP contribution in [0.3, 0.4) is 0 Å². The highest BCUT2D eigenvalue weighted by molar-refractivity contribution is 5.79. The maximum atomic E-state index is 12.7. The molecule has 1 saturated heterocycles. The van der Waals surface area contributed by atoms with Gasteiger partial charge in [0.15, 0.2) is 17.3 Å². The normalized spacial score (nSPS) is 14.5. The molecule has 1 fully saturated rings. The first-order valence-electron chi connectivity index (χ1n) is 10.0. The topological polar surface area (TPSA) is 129 Å². The van der Waals surface area contributed by atoms with Crippen LogP contribution in [0.25, 0.3) is 0 Å². The Morgan fingerprint density at radius 2 is 2.06 bits per heavy atom. The molecule has 0 bridgehead atoms. The molecule has 2 aromatic rings. The molecule has 1 aromatic heterocycles. The van der Waals surface area contributed by atoms with Crippen LogP contribution in [0.15, 0.2) is 33.5 Å². The lowest BCUT2D eigenvalue weighted by atomic mass is 9.91. The van der Waals surface area contributed by atoms with Crippen molar-refractivity contribution in [3.05, 3.63) is 51.6 Å². The summed E-state index contributed by atoms with van der Waals surface area (Å²) in [6, 6.07) is 5.67. The highest BCUT2D eigenvalue weighted by atomic mass is 16.5. The fourth-order valence-electron chi connectivity index (χ4n) is 3.66.